The van der Waals surface area contributed by atoms with Gasteiger partial charge in [0.05, 0.1) is 30.6 Å². The van der Waals surface area contributed by atoms with Crippen LogP contribution in [0, 0.1) is 13.8 Å². The fourth-order valence-corrected chi connectivity index (χ4v) is 5.83. The summed E-state index contributed by atoms with van der Waals surface area (Å²) < 4.78 is 7.98. The number of aryl methyl sites for hydroxylation is 2. The Morgan fingerprint density at radius 3 is 2.45 bits per heavy atom. The van der Waals surface area contributed by atoms with Crippen LogP contribution in [0.3, 0.4) is 0 Å². The first-order valence-electron chi connectivity index (χ1n) is 13.6. The van der Waals surface area contributed by atoms with E-state index in [1.54, 1.807) is 7.11 Å². The van der Waals surface area contributed by atoms with E-state index in [0.29, 0.717) is 23.0 Å². The second kappa shape index (κ2) is 11.5. The molecule has 3 heterocycles. The second-order valence-electron chi connectivity index (χ2n) is 9.96. The quantitative estimate of drug-likeness (QED) is 0.240. The number of rotatable bonds is 8. The highest BCUT2D eigenvalue weighted by Crippen LogP contribution is 2.45. The molecule has 1 amide bonds. The Hall–Kier alpha value is -4.17. The predicted octanol–water partition coefficient (Wildman–Crippen LogP) is 6.59. The normalized spacial score (nSPS) is 16.6. The lowest BCUT2D eigenvalue weighted by atomic mass is 9.96. The average Bonchev–Trinajstić information content (AvgIpc) is 3.48. The fourth-order valence-electron chi connectivity index (χ4n) is 5.49. The van der Waals surface area contributed by atoms with Crippen molar-refractivity contribution in [2.75, 3.05) is 17.3 Å². The van der Waals surface area contributed by atoms with Crippen LogP contribution in [0.25, 0.3) is 5.69 Å². The van der Waals surface area contributed by atoms with Crippen molar-refractivity contribution in [3.63, 3.8) is 0 Å². The number of carbonyl (C=O) groups excluding carboxylic acids is 1. The van der Waals surface area contributed by atoms with Gasteiger partial charge in [-0.3, -0.25) is 9.78 Å². The summed E-state index contributed by atoms with van der Waals surface area (Å²) in [6.07, 6.45) is 3.20. The summed E-state index contributed by atoms with van der Waals surface area (Å²) in [7, 11) is 1.60. The maximum Gasteiger partial charge on any atom is 0.224 e. The molecule has 0 unspecified atom stereocenters. The van der Waals surface area contributed by atoms with Gasteiger partial charge in [-0.05, 0) is 86.1 Å². The molecule has 0 spiro atoms. The fraction of sp³-hybridized carbons (Fsp3) is 0.281. The Bertz CT molecular complexity index is 1530. The predicted molar refractivity (Wildman–Crippen MR) is 164 cm³/mol. The van der Waals surface area contributed by atoms with Gasteiger partial charge in [0.15, 0.2) is 5.11 Å². The molecule has 1 saturated heterocycles. The summed E-state index contributed by atoms with van der Waals surface area (Å²) in [6, 6.07) is 22.4. The van der Waals surface area contributed by atoms with Crippen LogP contribution >= 0.6 is 12.2 Å². The molecule has 5 rings (SSSR count). The zero-order chi connectivity index (χ0) is 28.4. The molecule has 1 fully saturated rings. The molecule has 7 nitrogen and oxygen atoms in total. The van der Waals surface area contributed by atoms with Crippen LogP contribution in [0.1, 0.15) is 60.6 Å². The Morgan fingerprint density at radius 2 is 1.80 bits per heavy atom. The van der Waals surface area contributed by atoms with Crippen LogP contribution in [0.2, 0.25) is 0 Å². The summed E-state index contributed by atoms with van der Waals surface area (Å²) in [5, 5.41) is 7.07. The molecule has 8 heteroatoms. The van der Waals surface area contributed by atoms with Crippen LogP contribution in [-0.2, 0) is 11.2 Å². The minimum absolute atomic E-state index is 0.0723. The molecule has 2 N–H and O–H groups in total. The average molecular weight is 554 g/mol. The number of benzene rings is 2. The number of anilines is 2. The van der Waals surface area contributed by atoms with Crippen molar-refractivity contribution in [3.05, 3.63) is 101 Å². The van der Waals surface area contributed by atoms with Crippen molar-refractivity contribution in [2.45, 2.75) is 52.6 Å². The number of hydrogen-bond acceptors (Lipinski definition) is 4. The van der Waals surface area contributed by atoms with E-state index in [9.17, 15) is 4.79 Å². The first kappa shape index (κ1) is 27.4. The van der Waals surface area contributed by atoms with Crippen LogP contribution in [0.5, 0.6) is 5.75 Å². The number of amides is 1. The molecular weight excluding hydrogens is 518 g/mol. The van der Waals surface area contributed by atoms with Crippen molar-refractivity contribution in [1.29, 1.82) is 0 Å². The van der Waals surface area contributed by atoms with Crippen molar-refractivity contribution in [1.82, 2.24) is 14.9 Å². The van der Waals surface area contributed by atoms with E-state index < -0.39 is 0 Å². The minimum Gasteiger partial charge on any atom is -0.494 e. The second-order valence-corrected chi connectivity index (χ2v) is 10.4. The summed E-state index contributed by atoms with van der Waals surface area (Å²) >= 11 is 5.95. The van der Waals surface area contributed by atoms with Gasteiger partial charge in [0.25, 0.3) is 0 Å². The lowest BCUT2D eigenvalue weighted by Crippen LogP contribution is -2.29. The van der Waals surface area contributed by atoms with Crippen molar-refractivity contribution < 1.29 is 9.53 Å². The highest BCUT2D eigenvalue weighted by atomic mass is 32.1. The van der Waals surface area contributed by atoms with Crippen LogP contribution in [0.4, 0.5) is 11.4 Å². The van der Waals surface area contributed by atoms with Gasteiger partial charge in [0.2, 0.25) is 5.91 Å². The van der Waals surface area contributed by atoms with E-state index >= 15 is 0 Å². The lowest BCUT2D eigenvalue weighted by molar-refractivity contribution is -0.115. The van der Waals surface area contributed by atoms with E-state index in [2.05, 4.69) is 71.2 Å². The maximum absolute atomic E-state index is 12.1. The van der Waals surface area contributed by atoms with Gasteiger partial charge in [-0.15, -0.1) is 0 Å². The number of methoxy groups -OCH3 is 1. The molecule has 1 aliphatic rings. The van der Waals surface area contributed by atoms with E-state index in [4.69, 9.17) is 21.9 Å². The molecule has 2 atom stereocenters. The molecule has 4 aromatic rings. The molecular formula is C32H35N5O2S. The molecule has 0 radical (unpaired) electrons. The number of nitrogens with one attached hydrogen (secondary N) is 2. The molecule has 0 aliphatic carbocycles. The van der Waals surface area contributed by atoms with Crippen molar-refractivity contribution in [2.24, 2.45) is 0 Å². The molecule has 1 aliphatic heterocycles. The maximum atomic E-state index is 12.1. The summed E-state index contributed by atoms with van der Waals surface area (Å²) in [5.41, 5.74) is 8.28. The Morgan fingerprint density at radius 1 is 1.05 bits per heavy atom. The minimum atomic E-state index is -0.171. The molecule has 2 aromatic carbocycles. The van der Waals surface area contributed by atoms with Crippen molar-refractivity contribution in [3.8, 4) is 11.4 Å². The monoisotopic (exact) mass is 553 g/mol. The smallest absolute Gasteiger partial charge is 0.224 e. The van der Waals surface area contributed by atoms with E-state index in [0.717, 1.165) is 40.4 Å². The SMILES string of the molecule is CCC(=O)Nc1ccc(N2C(=S)N[C@H](c3ccccn3)[C@H]2c2cc(C)n(-c3ccc(CC)cc3)c2C)cc1OC. The van der Waals surface area contributed by atoms with Crippen LogP contribution in [-0.4, -0.2) is 27.7 Å². The van der Waals surface area contributed by atoms with E-state index in [1.807, 2.05) is 49.5 Å². The zero-order valence-corrected chi connectivity index (χ0v) is 24.4. The van der Waals surface area contributed by atoms with E-state index in [-0.39, 0.29) is 18.0 Å². The van der Waals surface area contributed by atoms with Gasteiger partial charge < -0.3 is 24.8 Å². The standard InChI is InChI=1S/C32H35N5O2S/c1-6-22-11-13-23(14-12-22)36-20(3)18-25(21(36)4)31-30(27-10-8-9-17-33-27)35-32(40)37(31)24-15-16-26(28(19-24)39-5)34-29(38)7-2/h8-19,30-31H,6-7H2,1-5H3,(H,34,38)(H,35,40)/t30-,31-/m1/s1. The zero-order valence-electron chi connectivity index (χ0n) is 23.6. The number of ether oxygens (including phenoxy) is 1. The number of carbonyl (C=O) groups is 1. The number of pyridine rings is 1. The summed E-state index contributed by atoms with van der Waals surface area (Å²) in [5.74, 6) is 0.500. The third-order valence-electron chi connectivity index (χ3n) is 7.55. The third kappa shape index (κ3) is 5.07. The van der Waals surface area contributed by atoms with Gasteiger partial charge in [0.1, 0.15) is 5.75 Å². The first-order chi connectivity index (χ1) is 19.4. The van der Waals surface area contributed by atoms with Gasteiger partial charge in [0, 0.05) is 41.4 Å². The van der Waals surface area contributed by atoms with Gasteiger partial charge in [-0.2, -0.15) is 0 Å². The third-order valence-corrected chi connectivity index (χ3v) is 7.86. The highest BCUT2D eigenvalue weighted by molar-refractivity contribution is 7.80. The van der Waals surface area contributed by atoms with Crippen LogP contribution < -0.4 is 20.3 Å². The van der Waals surface area contributed by atoms with Crippen molar-refractivity contribution >= 4 is 34.6 Å². The Kier molecular flexibility index (Phi) is 7.89. The highest BCUT2D eigenvalue weighted by Gasteiger charge is 2.42. The number of aromatic nitrogens is 2. The van der Waals surface area contributed by atoms with Gasteiger partial charge >= 0.3 is 0 Å². The number of nitrogens with zero attached hydrogens (tertiary/aromatic N) is 3. The number of hydrogen-bond donors (Lipinski definition) is 2. The number of thiocarbonyl (C=S) groups is 1. The molecule has 2 aromatic heterocycles. The summed E-state index contributed by atoms with van der Waals surface area (Å²) in [4.78, 5) is 18.9. The molecule has 0 bridgehead atoms. The van der Waals surface area contributed by atoms with Gasteiger partial charge in [-0.1, -0.05) is 32.0 Å². The van der Waals surface area contributed by atoms with Gasteiger partial charge in [-0.25, -0.2) is 0 Å². The Labute approximate surface area is 241 Å². The van der Waals surface area contributed by atoms with Crippen LogP contribution in [0.15, 0.2) is 72.9 Å². The lowest BCUT2D eigenvalue weighted by Gasteiger charge is -2.29. The first-order valence-corrected chi connectivity index (χ1v) is 14.0. The summed E-state index contributed by atoms with van der Waals surface area (Å²) in [6.45, 7) is 8.29. The topological polar surface area (TPSA) is 71.4 Å². The molecule has 206 valence electrons. The molecule has 0 saturated carbocycles. The largest absolute Gasteiger partial charge is 0.494 e. The molecule has 40 heavy (non-hydrogen) atoms. The Balaban J connectivity index is 1.63. The van der Waals surface area contributed by atoms with E-state index in [1.165, 1.54) is 5.56 Å².